The SMILES string of the molecule is O=C1/C(=C\c2cc([N+](=O)[O-])c(Cl)cc2Cl)Sc2ccccc21. The van der Waals surface area contributed by atoms with Gasteiger partial charge in [0, 0.05) is 27.1 Å². The molecule has 1 aliphatic heterocycles. The van der Waals surface area contributed by atoms with E-state index in [2.05, 4.69) is 0 Å². The maximum absolute atomic E-state index is 12.3. The predicted octanol–water partition coefficient (Wildman–Crippen LogP) is 5.23. The monoisotopic (exact) mass is 351 g/mol. The van der Waals surface area contributed by atoms with Gasteiger partial charge in [-0.25, -0.2) is 0 Å². The van der Waals surface area contributed by atoms with Crippen molar-refractivity contribution >= 4 is 52.5 Å². The highest BCUT2D eigenvalue weighted by Gasteiger charge is 2.26. The van der Waals surface area contributed by atoms with Gasteiger partial charge in [0.25, 0.3) is 5.69 Å². The number of rotatable bonds is 2. The molecule has 2 aromatic carbocycles. The summed E-state index contributed by atoms with van der Waals surface area (Å²) in [6, 6.07) is 9.82. The number of hydrogen-bond acceptors (Lipinski definition) is 4. The number of hydrogen-bond donors (Lipinski definition) is 0. The lowest BCUT2D eigenvalue weighted by molar-refractivity contribution is -0.384. The number of fused-ring (bicyclic) bond motifs is 1. The third kappa shape index (κ3) is 2.63. The molecule has 3 rings (SSSR count). The zero-order valence-corrected chi connectivity index (χ0v) is 13.2. The van der Waals surface area contributed by atoms with E-state index >= 15 is 0 Å². The van der Waals surface area contributed by atoms with Crippen molar-refractivity contribution < 1.29 is 9.72 Å². The molecule has 0 fully saturated rings. The molecule has 0 unspecified atom stereocenters. The van der Waals surface area contributed by atoms with Gasteiger partial charge in [0.05, 0.1) is 9.83 Å². The van der Waals surface area contributed by atoms with E-state index in [1.807, 2.05) is 12.1 Å². The Morgan fingerprint density at radius 3 is 2.55 bits per heavy atom. The number of thioether (sulfide) groups is 1. The van der Waals surface area contributed by atoms with Crippen molar-refractivity contribution in [3.63, 3.8) is 0 Å². The first-order valence-electron chi connectivity index (χ1n) is 6.14. The summed E-state index contributed by atoms with van der Waals surface area (Å²) in [7, 11) is 0. The number of allylic oxidation sites excluding steroid dienone is 1. The van der Waals surface area contributed by atoms with Crippen LogP contribution in [0.15, 0.2) is 46.2 Å². The molecular weight excluding hydrogens is 345 g/mol. The van der Waals surface area contributed by atoms with Gasteiger partial charge in [0.1, 0.15) is 5.02 Å². The Balaban J connectivity index is 2.06. The molecule has 0 amide bonds. The van der Waals surface area contributed by atoms with E-state index in [0.29, 0.717) is 16.0 Å². The van der Waals surface area contributed by atoms with Gasteiger partial charge in [-0.15, -0.1) is 0 Å². The van der Waals surface area contributed by atoms with Crippen LogP contribution in [0.3, 0.4) is 0 Å². The van der Waals surface area contributed by atoms with Gasteiger partial charge in [0.15, 0.2) is 0 Å². The normalized spacial score (nSPS) is 15.2. The van der Waals surface area contributed by atoms with Crippen LogP contribution in [0.2, 0.25) is 10.0 Å². The Kier molecular flexibility index (Phi) is 3.95. The summed E-state index contributed by atoms with van der Waals surface area (Å²) in [6.07, 6.45) is 1.55. The first kappa shape index (κ1) is 15.1. The van der Waals surface area contributed by atoms with Gasteiger partial charge in [0.2, 0.25) is 5.78 Å². The third-order valence-corrected chi connectivity index (χ3v) is 4.85. The van der Waals surface area contributed by atoms with Crippen LogP contribution >= 0.6 is 35.0 Å². The molecule has 0 saturated carbocycles. The topological polar surface area (TPSA) is 60.2 Å². The highest BCUT2D eigenvalue weighted by molar-refractivity contribution is 8.04. The van der Waals surface area contributed by atoms with Crippen molar-refractivity contribution in [2.45, 2.75) is 4.90 Å². The molecule has 0 aliphatic carbocycles. The minimum atomic E-state index is -0.584. The van der Waals surface area contributed by atoms with Crippen LogP contribution in [-0.4, -0.2) is 10.7 Å². The maximum atomic E-state index is 12.3. The van der Waals surface area contributed by atoms with E-state index in [-0.39, 0.29) is 21.5 Å². The Bertz CT molecular complexity index is 849. The van der Waals surface area contributed by atoms with Crippen LogP contribution in [0.1, 0.15) is 15.9 Å². The van der Waals surface area contributed by atoms with E-state index in [1.54, 1.807) is 18.2 Å². The number of benzene rings is 2. The number of carbonyl (C=O) groups excluding carboxylic acids is 1. The quantitative estimate of drug-likeness (QED) is 0.422. The fourth-order valence-corrected chi connectivity index (χ4v) is 3.63. The Hall–Kier alpha value is -1.82. The smallest absolute Gasteiger partial charge is 0.288 e. The van der Waals surface area contributed by atoms with Crippen LogP contribution in [0.5, 0.6) is 0 Å². The fourth-order valence-electron chi connectivity index (χ4n) is 2.08. The number of ketones is 1. The molecule has 0 saturated heterocycles. The average Bonchev–Trinajstić information content (AvgIpc) is 2.78. The summed E-state index contributed by atoms with van der Waals surface area (Å²) in [5.41, 5.74) is 0.769. The maximum Gasteiger partial charge on any atom is 0.288 e. The van der Waals surface area contributed by atoms with Gasteiger partial charge in [-0.3, -0.25) is 14.9 Å². The lowest BCUT2D eigenvalue weighted by Gasteiger charge is -2.02. The zero-order valence-electron chi connectivity index (χ0n) is 10.9. The number of Topliss-reactive ketones (excluding diaryl/α,β-unsaturated/α-hetero) is 1. The summed E-state index contributed by atoms with van der Waals surface area (Å²) in [5.74, 6) is -0.116. The second kappa shape index (κ2) is 5.76. The second-order valence-electron chi connectivity index (χ2n) is 4.52. The van der Waals surface area contributed by atoms with Crippen molar-refractivity contribution in [2.24, 2.45) is 0 Å². The number of carbonyl (C=O) groups is 1. The molecule has 1 heterocycles. The van der Waals surface area contributed by atoms with Gasteiger partial charge < -0.3 is 0 Å². The summed E-state index contributed by atoms with van der Waals surface area (Å²) < 4.78 is 0. The molecular formula is C15H7Cl2NO3S. The van der Waals surface area contributed by atoms with E-state index in [9.17, 15) is 14.9 Å². The lowest BCUT2D eigenvalue weighted by Crippen LogP contribution is -1.95. The summed E-state index contributed by atoms with van der Waals surface area (Å²) in [4.78, 5) is 24.0. The summed E-state index contributed by atoms with van der Waals surface area (Å²) >= 11 is 13.2. The van der Waals surface area contributed by atoms with Crippen LogP contribution in [0, 0.1) is 10.1 Å². The lowest BCUT2D eigenvalue weighted by atomic mass is 10.1. The molecule has 2 aromatic rings. The first-order chi connectivity index (χ1) is 10.5. The number of nitrogens with zero attached hydrogens (tertiary/aromatic N) is 1. The van der Waals surface area contributed by atoms with E-state index < -0.39 is 4.92 Å². The molecule has 0 radical (unpaired) electrons. The molecule has 4 nitrogen and oxygen atoms in total. The largest absolute Gasteiger partial charge is 0.288 e. The van der Waals surface area contributed by atoms with Gasteiger partial charge in [-0.1, -0.05) is 47.1 Å². The number of nitro groups is 1. The third-order valence-electron chi connectivity index (χ3n) is 3.12. The molecule has 1 aliphatic rings. The molecule has 110 valence electrons. The van der Waals surface area contributed by atoms with E-state index in [4.69, 9.17) is 23.2 Å². The van der Waals surface area contributed by atoms with Crippen molar-refractivity contribution in [1.82, 2.24) is 0 Å². The second-order valence-corrected chi connectivity index (χ2v) is 6.42. The zero-order chi connectivity index (χ0) is 15.9. The molecule has 0 atom stereocenters. The molecule has 0 N–H and O–H groups in total. The fraction of sp³-hybridized carbons (Fsp3) is 0. The predicted molar refractivity (Wildman–Crippen MR) is 87.7 cm³/mol. The Morgan fingerprint density at radius 2 is 1.86 bits per heavy atom. The van der Waals surface area contributed by atoms with Crippen molar-refractivity contribution in [1.29, 1.82) is 0 Å². The Morgan fingerprint density at radius 1 is 1.14 bits per heavy atom. The highest BCUT2D eigenvalue weighted by Crippen LogP contribution is 2.42. The number of halogens is 2. The molecule has 0 aromatic heterocycles. The van der Waals surface area contributed by atoms with Crippen molar-refractivity contribution in [2.75, 3.05) is 0 Å². The van der Waals surface area contributed by atoms with E-state index in [1.165, 1.54) is 23.9 Å². The minimum Gasteiger partial charge on any atom is -0.288 e. The van der Waals surface area contributed by atoms with Crippen LogP contribution < -0.4 is 0 Å². The minimum absolute atomic E-state index is 0.0363. The van der Waals surface area contributed by atoms with Crippen molar-refractivity contribution in [3.05, 3.63) is 72.6 Å². The van der Waals surface area contributed by atoms with Crippen LogP contribution in [-0.2, 0) is 0 Å². The molecule has 0 spiro atoms. The van der Waals surface area contributed by atoms with Crippen LogP contribution in [0.4, 0.5) is 5.69 Å². The van der Waals surface area contributed by atoms with E-state index in [0.717, 1.165) is 4.90 Å². The molecule has 7 heteroatoms. The van der Waals surface area contributed by atoms with Gasteiger partial charge >= 0.3 is 0 Å². The standard InChI is InChI=1S/C15H7Cl2NO3S/c16-10-7-11(17)12(18(20)21)5-8(10)6-14-15(19)9-3-1-2-4-13(9)22-14/h1-7H/b14-6+. The molecule has 0 bridgehead atoms. The summed E-state index contributed by atoms with van der Waals surface area (Å²) in [6.45, 7) is 0. The summed E-state index contributed by atoms with van der Waals surface area (Å²) in [5, 5.41) is 11.2. The Labute approximate surface area is 139 Å². The van der Waals surface area contributed by atoms with Gasteiger partial charge in [-0.05, 0) is 24.3 Å². The molecule has 22 heavy (non-hydrogen) atoms. The first-order valence-corrected chi connectivity index (χ1v) is 7.71. The highest BCUT2D eigenvalue weighted by atomic mass is 35.5. The van der Waals surface area contributed by atoms with Gasteiger partial charge in [-0.2, -0.15) is 0 Å². The number of nitro benzene ring substituents is 1. The van der Waals surface area contributed by atoms with Crippen molar-refractivity contribution in [3.8, 4) is 0 Å². The van der Waals surface area contributed by atoms with Crippen LogP contribution in [0.25, 0.3) is 6.08 Å². The average molecular weight is 352 g/mol.